The van der Waals surface area contributed by atoms with Crippen LogP contribution in [0.2, 0.25) is 0 Å². The Morgan fingerprint density at radius 3 is 2.21 bits per heavy atom. The van der Waals surface area contributed by atoms with Gasteiger partial charge in [0.2, 0.25) is 11.8 Å². The molecule has 0 unspecified atom stereocenters. The van der Waals surface area contributed by atoms with E-state index in [1.165, 1.54) is 5.56 Å². The number of hydrogen-bond donors (Lipinski definition) is 2. The second-order valence-electron chi connectivity index (χ2n) is 6.09. The van der Waals surface area contributed by atoms with Crippen LogP contribution >= 0.6 is 0 Å². The van der Waals surface area contributed by atoms with Crippen molar-refractivity contribution in [2.24, 2.45) is 0 Å². The van der Waals surface area contributed by atoms with Gasteiger partial charge in [0, 0.05) is 12.1 Å². The number of benzene rings is 2. The Hall–Kier alpha value is -2.62. The standard InChI is InChI=1S/C20H24N2O2/c1-15(2)17-9-11-18(12-10-17)22-20(24)14-21-19(23)13-8-16-6-4-3-5-7-16/h3-7,9-12,15H,8,13-14H2,1-2H3,(H,21,23)(H,22,24). The van der Waals surface area contributed by atoms with Crippen molar-refractivity contribution in [1.29, 1.82) is 0 Å². The Bertz CT molecular complexity index is 664. The molecule has 24 heavy (non-hydrogen) atoms. The topological polar surface area (TPSA) is 58.2 Å². The molecule has 4 heteroatoms. The van der Waals surface area contributed by atoms with Crippen LogP contribution in [0.4, 0.5) is 5.69 Å². The van der Waals surface area contributed by atoms with Crippen molar-refractivity contribution in [2.45, 2.75) is 32.6 Å². The van der Waals surface area contributed by atoms with Gasteiger partial charge < -0.3 is 10.6 Å². The monoisotopic (exact) mass is 324 g/mol. The summed E-state index contributed by atoms with van der Waals surface area (Å²) in [7, 11) is 0. The molecule has 0 saturated heterocycles. The first-order valence-corrected chi connectivity index (χ1v) is 8.25. The molecule has 0 aliphatic heterocycles. The van der Waals surface area contributed by atoms with Crippen molar-refractivity contribution in [3.05, 3.63) is 65.7 Å². The summed E-state index contributed by atoms with van der Waals surface area (Å²) in [6, 6.07) is 17.6. The molecule has 4 nitrogen and oxygen atoms in total. The van der Waals surface area contributed by atoms with Crippen molar-refractivity contribution < 1.29 is 9.59 Å². The van der Waals surface area contributed by atoms with Gasteiger partial charge in [-0.15, -0.1) is 0 Å². The third-order valence-corrected chi connectivity index (χ3v) is 3.79. The van der Waals surface area contributed by atoms with Crippen LogP contribution in [0.5, 0.6) is 0 Å². The highest BCUT2D eigenvalue weighted by atomic mass is 16.2. The number of hydrogen-bond acceptors (Lipinski definition) is 2. The number of nitrogens with one attached hydrogen (secondary N) is 2. The molecule has 2 rings (SSSR count). The predicted octanol–water partition coefficient (Wildman–Crippen LogP) is 3.50. The van der Waals surface area contributed by atoms with E-state index in [2.05, 4.69) is 24.5 Å². The maximum Gasteiger partial charge on any atom is 0.243 e. The first-order valence-electron chi connectivity index (χ1n) is 8.25. The molecular weight excluding hydrogens is 300 g/mol. The summed E-state index contributed by atoms with van der Waals surface area (Å²) in [6.45, 7) is 4.23. The molecule has 0 aliphatic carbocycles. The summed E-state index contributed by atoms with van der Waals surface area (Å²) >= 11 is 0. The van der Waals surface area contributed by atoms with E-state index in [0.717, 1.165) is 11.3 Å². The predicted molar refractivity (Wildman–Crippen MR) is 96.9 cm³/mol. The number of carbonyl (C=O) groups is 2. The summed E-state index contributed by atoms with van der Waals surface area (Å²) in [5, 5.41) is 5.44. The van der Waals surface area contributed by atoms with Crippen molar-refractivity contribution in [1.82, 2.24) is 5.32 Å². The van der Waals surface area contributed by atoms with Crippen LogP contribution in [-0.2, 0) is 16.0 Å². The number of rotatable bonds is 7. The molecule has 0 spiro atoms. The van der Waals surface area contributed by atoms with Gasteiger partial charge in [-0.3, -0.25) is 9.59 Å². The molecule has 0 heterocycles. The molecule has 0 aliphatic rings. The fourth-order valence-corrected chi connectivity index (χ4v) is 2.33. The van der Waals surface area contributed by atoms with E-state index >= 15 is 0 Å². The zero-order valence-corrected chi connectivity index (χ0v) is 14.2. The Balaban J connectivity index is 1.71. The van der Waals surface area contributed by atoms with E-state index in [1.807, 2.05) is 54.6 Å². The van der Waals surface area contributed by atoms with Crippen LogP contribution in [-0.4, -0.2) is 18.4 Å². The van der Waals surface area contributed by atoms with Gasteiger partial charge in [0.25, 0.3) is 0 Å². The number of anilines is 1. The van der Waals surface area contributed by atoms with Gasteiger partial charge in [0.05, 0.1) is 6.54 Å². The smallest absolute Gasteiger partial charge is 0.243 e. The van der Waals surface area contributed by atoms with Gasteiger partial charge in [-0.25, -0.2) is 0 Å². The van der Waals surface area contributed by atoms with E-state index < -0.39 is 0 Å². The SMILES string of the molecule is CC(C)c1ccc(NC(=O)CNC(=O)CCc2ccccc2)cc1. The van der Waals surface area contributed by atoms with E-state index in [9.17, 15) is 9.59 Å². The van der Waals surface area contributed by atoms with E-state index in [-0.39, 0.29) is 18.4 Å². The summed E-state index contributed by atoms with van der Waals surface area (Å²) < 4.78 is 0. The van der Waals surface area contributed by atoms with E-state index in [4.69, 9.17) is 0 Å². The van der Waals surface area contributed by atoms with E-state index in [0.29, 0.717) is 18.8 Å². The van der Waals surface area contributed by atoms with Crippen molar-refractivity contribution in [3.8, 4) is 0 Å². The molecular formula is C20H24N2O2. The molecule has 0 atom stereocenters. The lowest BCUT2D eigenvalue weighted by Crippen LogP contribution is -2.32. The van der Waals surface area contributed by atoms with Crippen LogP contribution in [0.25, 0.3) is 0 Å². The normalized spacial score (nSPS) is 10.5. The molecule has 0 radical (unpaired) electrons. The minimum Gasteiger partial charge on any atom is -0.347 e. The molecule has 2 aromatic carbocycles. The second kappa shape index (κ2) is 8.87. The fourth-order valence-electron chi connectivity index (χ4n) is 2.33. The Morgan fingerprint density at radius 1 is 0.917 bits per heavy atom. The van der Waals surface area contributed by atoms with Crippen LogP contribution in [0.3, 0.4) is 0 Å². The quantitative estimate of drug-likeness (QED) is 0.819. The first kappa shape index (κ1) is 17.7. The first-order chi connectivity index (χ1) is 11.5. The number of amides is 2. The minimum absolute atomic E-state index is 0.0143. The molecule has 0 saturated carbocycles. The molecule has 0 bridgehead atoms. The number of carbonyl (C=O) groups excluding carboxylic acids is 2. The average Bonchev–Trinajstić information content (AvgIpc) is 2.59. The van der Waals surface area contributed by atoms with E-state index in [1.54, 1.807) is 0 Å². The Labute approximate surface area is 143 Å². The Morgan fingerprint density at radius 2 is 1.58 bits per heavy atom. The van der Waals surface area contributed by atoms with Gasteiger partial charge >= 0.3 is 0 Å². The molecule has 2 amide bonds. The van der Waals surface area contributed by atoms with Crippen LogP contribution in [0.1, 0.15) is 37.3 Å². The van der Waals surface area contributed by atoms with Crippen LogP contribution in [0, 0.1) is 0 Å². The van der Waals surface area contributed by atoms with Gasteiger partial charge in [0.1, 0.15) is 0 Å². The van der Waals surface area contributed by atoms with Gasteiger partial charge in [-0.05, 0) is 35.6 Å². The lowest BCUT2D eigenvalue weighted by atomic mass is 10.0. The summed E-state index contributed by atoms with van der Waals surface area (Å²) in [4.78, 5) is 23.7. The molecule has 126 valence electrons. The summed E-state index contributed by atoms with van der Waals surface area (Å²) in [5.41, 5.74) is 3.08. The average molecular weight is 324 g/mol. The summed E-state index contributed by atoms with van der Waals surface area (Å²) in [6.07, 6.45) is 1.05. The lowest BCUT2D eigenvalue weighted by Gasteiger charge is -2.09. The maximum atomic E-state index is 11.9. The minimum atomic E-state index is -0.222. The molecule has 0 aromatic heterocycles. The molecule has 2 aromatic rings. The van der Waals surface area contributed by atoms with Gasteiger partial charge in [-0.2, -0.15) is 0 Å². The van der Waals surface area contributed by atoms with Crippen LogP contribution < -0.4 is 10.6 Å². The Kier molecular flexibility index (Phi) is 6.55. The van der Waals surface area contributed by atoms with Gasteiger partial charge in [0.15, 0.2) is 0 Å². The third-order valence-electron chi connectivity index (χ3n) is 3.79. The highest BCUT2D eigenvalue weighted by Crippen LogP contribution is 2.16. The van der Waals surface area contributed by atoms with Crippen molar-refractivity contribution >= 4 is 17.5 Å². The summed E-state index contributed by atoms with van der Waals surface area (Å²) in [5.74, 6) is 0.114. The second-order valence-corrected chi connectivity index (χ2v) is 6.09. The zero-order chi connectivity index (χ0) is 17.4. The van der Waals surface area contributed by atoms with Crippen LogP contribution in [0.15, 0.2) is 54.6 Å². The van der Waals surface area contributed by atoms with Gasteiger partial charge in [-0.1, -0.05) is 56.3 Å². The van der Waals surface area contributed by atoms with Crippen molar-refractivity contribution in [2.75, 3.05) is 11.9 Å². The highest BCUT2D eigenvalue weighted by molar-refractivity contribution is 5.94. The number of aryl methyl sites for hydroxylation is 1. The third kappa shape index (κ3) is 5.88. The molecule has 0 fully saturated rings. The highest BCUT2D eigenvalue weighted by Gasteiger charge is 2.07. The lowest BCUT2D eigenvalue weighted by molar-refractivity contribution is -0.124. The zero-order valence-electron chi connectivity index (χ0n) is 14.2. The van der Waals surface area contributed by atoms with Crippen molar-refractivity contribution in [3.63, 3.8) is 0 Å². The maximum absolute atomic E-state index is 11.9. The fraction of sp³-hybridized carbons (Fsp3) is 0.300. The largest absolute Gasteiger partial charge is 0.347 e. The molecule has 2 N–H and O–H groups in total.